The third-order valence-electron chi connectivity index (χ3n) is 5.13. The van der Waals surface area contributed by atoms with Gasteiger partial charge in [-0.15, -0.1) is 11.3 Å². The van der Waals surface area contributed by atoms with Crippen LogP contribution in [0.25, 0.3) is 10.9 Å². The van der Waals surface area contributed by atoms with E-state index in [1.807, 2.05) is 0 Å². The van der Waals surface area contributed by atoms with Crippen LogP contribution in [0.15, 0.2) is 35.8 Å². The van der Waals surface area contributed by atoms with E-state index in [-0.39, 0.29) is 23.6 Å². The summed E-state index contributed by atoms with van der Waals surface area (Å²) in [5.74, 6) is -1.65. The zero-order chi connectivity index (χ0) is 23.5. The smallest absolute Gasteiger partial charge is 0.352 e. The van der Waals surface area contributed by atoms with Crippen molar-refractivity contribution in [2.24, 2.45) is 12.8 Å². The zero-order valence-electron chi connectivity index (χ0n) is 17.8. The number of ketones is 1. The second-order valence-electron chi connectivity index (χ2n) is 7.51. The van der Waals surface area contributed by atoms with E-state index in [1.54, 1.807) is 47.6 Å². The average Bonchev–Trinajstić information content (AvgIpc) is 3.50. The number of nitrogens with one attached hydrogen (secondary N) is 2. The van der Waals surface area contributed by atoms with Gasteiger partial charge in [0, 0.05) is 35.1 Å². The number of hydrogen-bond donors (Lipinski definition) is 4. The number of aromatic amines is 1. The minimum absolute atomic E-state index is 0.104. The molecule has 0 bridgehead atoms. The molecule has 170 valence electrons. The number of benzene rings is 1. The second-order valence-corrected chi connectivity index (χ2v) is 8.37. The molecule has 0 aliphatic rings. The summed E-state index contributed by atoms with van der Waals surface area (Å²) in [6.45, 7) is 0.428. The maximum absolute atomic E-state index is 12.8. The normalized spacial score (nSPS) is 11.1. The van der Waals surface area contributed by atoms with Crippen LogP contribution in [0.1, 0.15) is 49.0 Å². The molecule has 4 aromatic rings. The SMILES string of the molecule is Cn1ccc(CC(=O)c2csc(NC(=O)c3ccc4[nH]c(C(=O)O)c(CCCN)c4c3)n2)n1. The Bertz CT molecular complexity index is 1350. The van der Waals surface area contributed by atoms with E-state index in [0.29, 0.717) is 52.2 Å². The van der Waals surface area contributed by atoms with Crippen molar-refractivity contribution in [2.45, 2.75) is 19.3 Å². The molecule has 3 aromatic heterocycles. The van der Waals surface area contributed by atoms with Crippen LogP contribution in [-0.2, 0) is 19.9 Å². The Balaban J connectivity index is 1.52. The summed E-state index contributed by atoms with van der Waals surface area (Å²) < 4.78 is 1.62. The number of carboxylic acid groups (broad SMARTS) is 1. The van der Waals surface area contributed by atoms with Crippen molar-refractivity contribution >= 4 is 45.0 Å². The molecule has 0 fully saturated rings. The first-order chi connectivity index (χ1) is 15.9. The lowest BCUT2D eigenvalue weighted by atomic mass is 10.0. The molecule has 0 radical (unpaired) electrons. The van der Waals surface area contributed by atoms with Crippen molar-refractivity contribution in [1.82, 2.24) is 19.7 Å². The van der Waals surface area contributed by atoms with E-state index in [4.69, 9.17) is 5.73 Å². The van der Waals surface area contributed by atoms with Crippen molar-refractivity contribution < 1.29 is 19.5 Å². The zero-order valence-corrected chi connectivity index (χ0v) is 18.6. The van der Waals surface area contributed by atoms with Crippen molar-refractivity contribution in [3.8, 4) is 0 Å². The van der Waals surface area contributed by atoms with E-state index >= 15 is 0 Å². The van der Waals surface area contributed by atoms with Gasteiger partial charge in [-0.1, -0.05) is 0 Å². The van der Waals surface area contributed by atoms with Crippen LogP contribution < -0.4 is 11.1 Å². The van der Waals surface area contributed by atoms with Crippen LogP contribution in [0.3, 0.4) is 0 Å². The molecule has 0 unspecified atom stereocenters. The highest BCUT2D eigenvalue weighted by Crippen LogP contribution is 2.26. The highest BCUT2D eigenvalue weighted by Gasteiger charge is 2.19. The molecular formula is C22H22N6O4S. The van der Waals surface area contributed by atoms with Gasteiger partial charge in [-0.3, -0.25) is 19.6 Å². The number of carbonyl (C=O) groups excluding carboxylic acids is 2. The summed E-state index contributed by atoms with van der Waals surface area (Å²) in [7, 11) is 1.78. The second kappa shape index (κ2) is 9.35. The molecule has 1 amide bonds. The Morgan fingerprint density at radius 3 is 2.79 bits per heavy atom. The largest absolute Gasteiger partial charge is 0.477 e. The van der Waals surface area contributed by atoms with Crippen molar-refractivity contribution in [3.63, 3.8) is 0 Å². The third kappa shape index (κ3) is 4.83. The fourth-order valence-electron chi connectivity index (χ4n) is 3.55. The number of carbonyl (C=O) groups is 3. The fourth-order valence-corrected chi connectivity index (χ4v) is 4.26. The van der Waals surface area contributed by atoms with Gasteiger partial charge in [-0.25, -0.2) is 9.78 Å². The number of aryl methyl sites for hydroxylation is 2. The number of amides is 1. The first kappa shape index (κ1) is 22.4. The molecule has 0 saturated heterocycles. The fraction of sp³-hybridized carbons (Fsp3) is 0.227. The Kier molecular flexibility index (Phi) is 6.33. The van der Waals surface area contributed by atoms with Crippen molar-refractivity contribution in [2.75, 3.05) is 11.9 Å². The van der Waals surface area contributed by atoms with Gasteiger partial charge >= 0.3 is 5.97 Å². The molecule has 5 N–H and O–H groups in total. The van der Waals surface area contributed by atoms with Gasteiger partial charge < -0.3 is 15.8 Å². The van der Waals surface area contributed by atoms with E-state index in [9.17, 15) is 19.5 Å². The van der Waals surface area contributed by atoms with Gasteiger partial charge in [-0.05, 0) is 49.2 Å². The number of fused-ring (bicyclic) bond motifs is 1. The first-order valence-electron chi connectivity index (χ1n) is 10.2. The quantitative estimate of drug-likeness (QED) is 0.276. The Morgan fingerprint density at radius 1 is 1.27 bits per heavy atom. The molecule has 4 rings (SSSR count). The molecule has 3 heterocycles. The number of rotatable bonds is 9. The molecule has 33 heavy (non-hydrogen) atoms. The number of H-pyrrole nitrogens is 1. The van der Waals surface area contributed by atoms with E-state index in [1.165, 1.54) is 0 Å². The lowest BCUT2D eigenvalue weighted by Gasteiger charge is -2.04. The van der Waals surface area contributed by atoms with Crippen molar-refractivity contribution in [1.29, 1.82) is 0 Å². The van der Waals surface area contributed by atoms with Gasteiger partial charge in [0.15, 0.2) is 10.9 Å². The summed E-state index contributed by atoms with van der Waals surface area (Å²) >= 11 is 1.16. The first-order valence-corrected chi connectivity index (χ1v) is 11.1. The monoisotopic (exact) mass is 466 g/mol. The number of aromatic carboxylic acids is 1. The van der Waals surface area contributed by atoms with Crippen LogP contribution >= 0.6 is 11.3 Å². The van der Waals surface area contributed by atoms with Crippen LogP contribution in [0.4, 0.5) is 5.13 Å². The molecular weight excluding hydrogens is 444 g/mol. The lowest BCUT2D eigenvalue weighted by Crippen LogP contribution is -2.12. The molecule has 0 atom stereocenters. The number of Topliss-reactive ketones (excluding diaryl/α,β-unsaturated/α-hetero) is 1. The summed E-state index contributed by atoms with van der Waals surface area (Å²) in [6, 6.07) is 6.70. The van der Waals surface area contributed by atoms with Gasteiger partial charge in [0.05, 0.1) is 12.1 Å². The highest BCUT2D eigenvalue weighted by atomic mass is 32.1. The summed E-state index contributed by atoms with van der Waals surface area (Å²) in [4.78, 5) is 44.0. The predicted octanol–water partition coefficient (Wildman–Crippen LogP) is 2.63. The lowest BCUT2D eigenvalue weighted by molar-refractivity contribution is 0.0689. The molecule has 11 heteroatoms. The number of anilines is 1. The average molecular weight is 467 g/mol. The van der Waals surface area contributed by atoms with Gasteiger partial charge in [0.2, 0.25) is 0 Å². The van der Waals surface area contributed by atoms with Crippen LogP contribution in [0, 0.1) is 0 Å². The maximum Gasteiger partial charge on any atom is 0.352 e. The minimum atomic E-state index is -1.06. The molecule has 0 spiro atoms. The summed E-state index contributed by atoms with van der Waals surface area (Å²) in [6.07, 6.45) is 2.99. The molecule has 0 aliphatic carbocycles. The number of aromatic nitrogens is 4. The number of nitrogens with two attached hydrogens (primary N) is 1. The van der Waals surface area contributed by atoms with Gasteiger partial charge in [0.25, 0.3) is 5.91 Å². The van der Waals surface area contributed by atoms with Crippen LogP contribution in [0.2, 0.25) is 0 Å². The van der Waals surface area contributed by atoms with Crippen LogP contribution in [-0.4, -0.2) is 49.1 Å². The highest BCUT2D eigenvalue weighted by molar-refractivity contribution is 7.14. The molecule has 0 aliphatic heterocycles. The standard InChI is InChI=1S/C22H22N6O4S/c1-28-8-6-13(27-28)10-18(29)17-11-33-22(25-17)26-20(30)12-4-5-16-15(9-12)14(3-2-7-23)19(24-16)21(31)32/h4-6,8-9,11,24H,2-3,7,10,23H2,1H3,(H,31,32)(H,25,26,30). The molecule has 0 saturated carbocycles. The number of carboxylic acids is 1. The summed E-state index contributed by atoms with van der Waals surface area (Å²) in [5, 5.41) is 19.0. The van der Waals surface area contributed by atoms with E-state index in [0.717, 1.165) is 11.3 Å². The van der Waals surface area contributed by atoms with Gasteiger partial charge in [-0.2, -0.15) is 5.10 Å². The van der Waals surface area contributed by atoms with Crippen LogP contribution in [0.5, 0.6) is 0 Å². The summed E-state index contributed by atoms with van der Waals surface area (Å²) in [5.41, 5.74) is 8.20. The Hall–Kier alpha value is -3.83. The third-order valence-corrected chi connectivity index (χ3v) is 5.89. The van der Waals surface area contributed by atoms with Gasteiger partial charge in [0.1, 0.15) is 11.4 Å². The topological polar surface area (TPSA) is 156 Å². The molecule has 1 aromatic carbocycles. The Labute approximate surface area is 192 Å². The van der Waals surface area contributed by atoms with E-state index in [2.05, 4.69) is 20.4 Å². The Morgan fingerprint density at radius 2 is 2.09 bits per heavy atom. The number of thiazole rings is 1. The maximum atomic E-state index is 12.8. The number of nitrogens with zero attached hydrogens (tertiary/aromatic N) is 3. The number of hydrogen-bond acceptors (Lipinski definition) is 7. The predicted molar refractivity (Wildman–Crippen MR) is 124 cm³/mol. The molecule has 10 nitrogen and oxygen atoms in total. The van der Waals surface area contributed by atoms with E-state index < -0.39 is 11.9 Å². The minimum Gasteiger partial charge on any atom is -0.477 e. The van der Waals surface area contributed by atoms with Crippen molar-refractivity contribution in [3.05, 3.63) is 64.1 Å².